The third kappa shape index (κ3) is 4.46. The average Bonchev–Trinajstić information content (AvgIpc) is 2.46. The van der Waals surface area contributed by atoms with Crippen LogP contribution in [-0.2, 0) is 0 Å². The van der Waals surface area contributed by atoms with Gasteiger partial charge in [-0.1, -0.05) is 31.3 Å². The number of thiocarbonyl (C=S) groups is 1. The van der Waals surface area contributed by atoms with Crippen LogP contribution in [0.4, 0.5) is 0 Å². The van der Waals surface area contributed by atoms with Crippen LogP contribution >= 0.6 is 12.2 Å². The first kappa shape index (κ1) is 15.3. The minimum atomic E-state index is 0.394. The van der Waals surface area contributed by atoms with Gasteiger partial charge < -0.3 is 15.4 Å². The predicted molar refractivity (Wildman–Crippen MR) is 87.3 cm³/mol. The average molecular weight is 292 g/mol. The van der Waals surface area contributed by atoms with Crippen LogP contribution in [0.1, 0.15) is 31.7 Å². The third-order valence-corrected chi connectivity index (χ3v) is 4.12. The van der Waals surface area contributed by atoms with Gasteiger partial charge in [-0.05, 0) is 50.4 Å². The van der Waals surface area contributed by atoms with Crippen molar-refractivity contribution in [3.8, 4) is 5.75 Å². The van der Waals surface area contributed by atoms with Gasteiger partial charge in [0.05, 0.1) is 12.2 Å². The maximum absolute atomic E-state index is 5.82. The minimum absolute atomic E-state index is 0.394. The molecular weight excluding hydrogens is 268 g/mol. The van der Waals surface area contributed by atoms with E-state index in [1.165, 1.54) is 25.9 Å². The van der Waals surface area contributed by atoms with E-state index in [1.54, 1.807) is 0 Å². The summed E-state index contributed by atoms with van der Waals surface area (Å²) in [7, 11) is 0. The van der Waals surface area contributed by atoms with E-state index in [1.807, 2.05) is 24.3 Å². The quantitative estimate of drug-likeness (QED) is 0.646. The van der Waals surface area contributed by atoms with E-state index in [4.69, 9.17) is 22.7 Å². The van der Waals surface area contributed by atoms with E-state index in [9.17, 15) is 0 Å². The van der Waals surface area contributed by atoms with Crippen LogP contribution in [0.25, 0.3) is 0 Å². The number of piperidine rings is 1. The Hall–Kier alpha value is -1.13. The fourth-order valence-corrected chi connectivity index (χ4v) is 2.72. The molecule has 0 aliphatic carbocycles. The van der Waals surface area contributed by atoms with Crippen LogP contribution in [0, 0.1) is 5.92 Å². The Morgan fingerprint density at radius 2 is 2.05 bits per heavy atom. The summed E-state index contributed by atoms with van der Waals surface area (Å²) in [6.45, 7) is 6.62. The first-order valence-electron chi connectivity index (χ1n) is 7.41. The van der Waals surface area contributed by atoms with Crippen molar-refractivity contribution in [1.82, 2.24) is 4.90 Å². The number of rotatable bonds is 6. The summed E-state index contributed by atoms with van der Waals surface area (Å²) in [5.41, 5.74) is 6.52. The zero-order valence-electron chi connectivity index (χ0n) is 12.2. The van der Waals surface area contributed by atoms with Crippen molar-refractivity contribution in [2.45, 2.75) is 26.2 Å². The molecule has 3 nitrogen and oxygen atoms in total. The fraction of sp³-hybridized carbons (Fsp3) is 0.562. The van der Waals surface area contributed by atoms with Gasteiger partial charge in [0.1, 0.15) is 10.7 Å². The number of nitrogens with two attached hydrogens (primary N) is 1. The van der Waals surface area contributed by atoms with Crippen molar-refractivity contribution in [3.05, 3.63) is 29.8 Å². The Morgan fingerprint density at radius 3 is 2.75 bits per heavy atom. The van der Waals surface area contributed by atoms with E-state index in [2.05, 4.69) is 11.8 Å². The van der Waals surface area contributed by atoms with Crippen molar-refractivity contribution in [2.24, 2.45) is 11.7 Å². The van der Waals surface area contributed by atoms with Gasteiger partial charge in [-0.2, -0.15) is 0 Å². The molecule has 0 spiro atoms. The molecule has 0 unspecified atom stereocenters. The lowest BCUT2D eigenvalue weighted by atomic mass is 9.99. The Balaban J connectivity index is 1.72. The fourth-order valence-electron chi connectivity index (χ4n) is 2.55. The molecule has 2 rings (SSSR count). The van der Waals surface area contributed by atoms with Gasteiger partial charge in [-0.15, -0.1) is 0 Å². The van der Waals surface area contributed by atoms with E-state index in [-0.39, 0.29) is 0 Å². The highest BCUT2D eigenvalue weighted by atomic mass is 32.1. The number of likely N-dealkylation sites (tertiary alicyclic amines) is 1. The Labute approximate surface area is 127 Å². The zero-order chi connectivity index (χ0) is 14.4. The second-order valence-corrected chi connectivity index (χ2v) is 6.03. The molecule has 1 aliphatic heterocycles. The molecule has 1 aromatic rings. The number of ether oxygens (including phenoxy) is 1. The van der Waals surface area contributed by atoms with Crippen molar-refractivity contribution < 1.29 is 4.74 Å². The van der Waals surface area contributed by atoms with Crippen molar-refractivity contribution >= 4 is 17.2 Å². The molecular formula is C16H24N2OS. The summed E-state index contributed by atoms with van der Waals surface area (Å²) in [5.74, 6) is 1.69. The monoisotopic (exact) mass is 292 g/mol. The maximum atomic E-state index is 5.82. The summed E-state index contributed by atoms with van der Waals surface area (Å²) >= 11 is 5.03. The normalized spacial score (nSPS) is 17.1. The molecule has 1 aromatic carbocycles. The molecule has 2 N–H and O–H groups in total. The van der Waals surface area contributed by atoms with E-state index in [0.717, 1.165) is 30.2 Å². The molecule has 1 aliphatic rings. The summed E-state index contributed by atoms with van der Waals surface area (Å²) < 4.78 is 5.82. The summed E-state index contributed by atoms with van der Waals surface area (Å²) in [4.78, 5) is 2.92. The summed E-state index contributed by atoms with van der Waals surface area (Å²) in [6, 6.07) is 7.71. The number of hydrogen-bond donors (Lipinski definition) is 1. The minimum Gasteiger partial charge on any atom is -0.493 e. The van der Waals surface area contributed by atoms with Crippen LogP contribution in [0.3, 0.4) is 0 Å². The highest BCUT2D eigenvalue weighted by Crippen LogP contribution is 2.18. The predicted octanol–water partition coefficient (Wildman–Crippen LogP) is 2.82. The Morgan fingerprint density at radius 1 is 1.35 bits per heavy atom. The molecule has 0 radical (unpaired) electrons. The van der Waals surface area contributed by atoms with Gasteiger partial charge in [-0.3, -0.25) is 0 Å². The van der Waals surface area contributed by atoms with Gasteiger partial charge in [-0.25, -0.2) is 0 Å². The summed E-state index contributed by atoms with van der Waals surface area (Å²) in [6.07, 6.45) is 3.69. The topological polar surface area (TPSA) is 38.5 Å². The highest BCUT2D eigenvalue weighted by molar-refractivity contribution is 7.80. The van der Waals surface area contributed by atoms with Gasteiger partial charge in [0.2, 0.25) is 0 Å². The third-order valence-electron chi connectivity index (χ3n) is 3.91. The molecule has 0 aromatic heterocycles. The van der Waals surface area contributed by atoms with E-state index < -0.39 is 0 Å². The lowest BCUT2D eigenvalue weighted by Crippen LogP contribution is -2.34. The second-order valence-electron chi connectivity index (χ2n) is 5.59. The zero-order valence-corrected chi connectivity index (χ0v) is 13.0. The molecule has 4 heteroatoms. The van der Waals surface area contributed by atoms with Gasteiger partial charge in [0, 0.05) is 6.54 Å². The number of nitrogens with zero attached hydrogens (tertiary/aromatic N) is 1. The number of para-hydroxylation sites is 1. The number of hydrogen-bond acceptors (Lipinski definition) is 3. The second kappa shape index (κ2) is 7.60. The van der Waals surface area contributed by atoms with Gasteiger partial charge >= 0.3 is 0 Å². The standard InChI is InChI=1S/C16H24N2OS/c1-13-7-10-18(11-8-13)9-4-12-19-15-6-3-2-5-14(15)16(17)20/h2-3,5-6,13H,4,7-12H2,1H3,(H2,17,20). The maximum Gasteiger partial charge on any atom is 0.129 e. The van der Waals surface area contributed by atoms with Crippen LogP contribution in [0.2, 0.25) is 0 Å². The first-order valence-corrected chi connectivity index (χ1v) is 7.81. The van der Waals surface area contributed by atoms with Crippen LogP contribution in [-0.4, -0.2) is 36.1 Å². The molecule has 0 atom stereocenters. The molecule has 0 saturated carbocycles. The van der Waals surface area contributed by atoms with Crippen molar-refractivity contribution in [3.63, 3.8) is 0 Å². The summed E-state index contributed by atoms with van der Waals surface area (Å²) in [5, 5.41) is 0. The largest absolute Gasteiger partial charge is 0.493 e. The number of benzene rings is 1. The van der Waals surface area contributed by atoms with Crippen molar-refractivity contribution in [2.75, 3.05) is 26.2 Å². The molecule has 0 amide bonds. The van der Waals surface area contributed by atoms with Crippen LogP contribution in [0.5, 0.6) is 5.75 Å². The molecule has 1 saturated heterocycles. The molecule has 0 bridgehead atoms. The molecule has 20 heavy (non-hydrogen) atoms. The van der Waals surface area contributed by atoms with Crippen LogP contribution in [0.15, 0.2) is 24.3 Å². The smallest absolute Gasteiger partial charge is 0.129 e. The first-order chi connectivity index (χ1) is 9.66. The Kier molecular flexibility index (Phi) is 5.80. The van der Waals surface area contributed by atoms with Crippen molar-refractivity contribution in [1.29, 1.82) is 0 Å². The highest BCUT2D eigenvalue weighted by Gasteiger charge is 2.14. The Bertz CT molecular complexity index is 442. The SMILES string of the molecule is CC1CCN(CCCOc2ccccc2C(N)=S)CC1. The van der Waals surface area contributed by atoms with Crippen LogP contribution < -0.4 is 10.5 Å². The molecule has 1 heterocycles. The van der Waals surface area contributed by atoms with Gasteiger partial charge in [0.25, 0.3) is 0 Å². The lowest BCUT2D eigenvalue weighted by molar-refractivity contribution is 0.177. The van der Waals surface area contributed by atoms with Gasteiger partial charge in [0.15, 0.2) is 0 Å². The molecule has 110 valence electrons. The molecule has 1 fully saturated rings. The van der Waals surface area contributed by atoms with E-state index in [0.29, 0.717) is 11.6 Å². The lowest BCUT2D eigenvalue weighted by Gasteiger charge is -2.30. The van der Waals surface area contributed by atoms with E-state index >= 15 is 0 Å².